The number of nitrogens with one attached hydrogen (secondary N) is 2. The minimum atomic E-state index is -0.253. The van der Waals surface area contributed by atoms with Crippen molar-refractivity contribution in [2.75, 3.05) is 10.6 Å². The van der Waals surface area contributed by atoms with Gasteiger partial charge in [0.15, 0.2) is 0 Å². The van der Waals surface area contributed by atoms with Crippen LogP contribution in [0.1, 0.15) is 0 Å². The number of fused-ring (bicyclic) bond motifs is 2. The minimum Gasteiger partial charge on any atom is -0.355 e. The van der Waals surface area contributed by atoms with Crippen LogP contribution in [0.5, 0.6) is 0 Å². The number of halogens is 3. The topological polar surface area (TPSA) is 49.8 Å². The maximum atomic E-state index is 12.9. The van der Waals surface area contributed by atoms with Crippen LogP contribution in [-0.4, -0.2) is 9.97 Å². The van der Waals surface area contributed by atoms with Gasteiger partial charge in [-0.2, -0.15) is 0 Å². The molecule has 2 N–H and O–H groups in total. The minimum absolute atomic E-state index is 0.236. The van der Waals surface area contributed by atoms with E-state index in [2.05, 4.69) is 20.6 Å². The Labute approximate surface area is 217 Å². The van der Waals surface area contributed by atoms with Gasteiger partial charge in [0.25, 0.3) is 0 Å². The van der Waals surface area contributed by atoms with Crippen LogP contribution in [0.3, 0.4) is 0 Å². The van der Waals surface area contributed by atoms with Gasteiger partial charge in [-0.25, -0.2) is 8.78 Å². The molecule has 4 nitrogen and oxygen atoms in total. The number of para-hydroxylation sites is 1. The Kier molecular flexibility index (Phi) is 7.19. The average Bonchev–Trinajstić information content (AvgIpc) is 2.92. The van der Waals surface area contributed by atoms with Crippen LogP contribution >= 0.6 is 11.6 Å². The van der Waals surface area contributed by atoms with Crippen LogP contribution < -0.4 is 10.6 Å². The molecule has 0 radical (unpaired) electrons. The number of anilines is 4. The molecule has 0 bridgehead atoms. The largest absolute Gasteiger partial charge is 0.355 e. The molecule has 0 aliphatic rings. The molecule has 6 rings (SSSR count). The monoisotopic (exact) mass is 510 g/mol. The smallest absolute Gasteiger partial charge is 0.123 e. The number of hydrogen-bond donors (Lipinski definition) is 2. The molecule has 0 fully saturated rings. The Hall–Kier alpha value is -4.55. The lowest BCUT2D eigenvalue weighted by molar-refractivity contribution is 0.627. The molecule has 0 atom stereocenters. The first-order chi connectivity index (χ1) is 18.0. The maximum Gasteiger partial charge on any atom is 0.123 e. The molecular formula is C30H21ClF2N4. The third-order valence-corrected chi connectivity index (χ3v) is 5.84. The Morgan fingerprint density at radius 3 is 1.65 bits per heavy atom. The Balaban J connectivity index is 0.000000152. The SMILES string of the molecule is Fc1ccc(Nc2ccnc3cc(Cl)ccc23)cc1.Fc1ccc(Nc2ccnc3ccccc23)cc1. The van der Waals surface area contributed by atoms with Crippen molar-refractivity contribution in [1.82, 2.24) is 9.97 Å². The summed E-state index contributed by atoms with van der Waals surface area (Å²) in [5, 5.41) is 9.18. The second-order valence-corrected chi connectivity index (χ2v) is 8.60. The normalized spacial score (nSPS) is 10.6. The van der Waals surface area contributed by atoms with E-state index in [0.717, 1.165) is 44.6 Å². The first kappa shape index (κ1) is 24.2. The summed E-state index contributed by atoms with van der Waals surface area (Å²) in [7, 11) is 0. The highest BCUT2D eigenvalue weighted by Crippen LogP contribution is 2.27. The van der Waals surface area contributed by atoms with E-state index >= 15 is 0 Å². The zero-order chi connectivity index (χ0) is 25.6. The molecular weight excluding hydrogens is 490 g/mol. The van der Waals surface area contributed by atoms with E-state index in [1.165, 1.54) is 24.3 Å². The van der Waals surface area contributed by atoms with Gasteiger partial charge in [0.2, 0.25) is 0 Å². The Morgan fingerprint density at radius 1 is 0.541 bits per heavy atom. The summed E-state index contributed by atoms with van der Waals surface area (Å²) in [5.41, 5.74) is 5.31. The molecule has 0 spiro atoms. The molecule has 0 aliphatic carbocycles. The van der Waals surface area contributed by atoms with Gasteiger partial charge in [-0.1, -0.05) is 29.8 Å². The zero-order valence-electron chi connectivity index (χ0n) is 19.5. The molecule has 6 aromatic rings. The third kappa shape index (κ3) is 6.00. The fraction of sp³-hybridized carbons (Fsp3) is 0. The molecule has 37 heavy (non-hydrogen) atoms. The Bertz CT molecular complexity index is 1650. The standard InChI is InChI=1S/C15H10ClFN2.C15H11FN2/c16-10-1-6-13-14(7-8-18-15(13)9-10)19-12-4-2-11(17)3-5-12;16-11-5-7-12(8-6-11)18-15-9-10-17-14-4-2-1-3-13(14)15/h1-9H,(H,18,19);1-10H,(H,17,18). The lowest BCUT2D eigenvalue weighted by Gasteiger charge is -2.09. The number of hydrogen-bond acceptors (Lipinski definition) is 4. The van der Waals surface area contributed by atoms with Crippen molar-refractivity contribution >= 4 is 56.2 Å². The summed E-state index contributed by atoms with van der Waals surface area (Å²) < 4.78 is 25.7. The van der Waals surface area contributed by atoms with Crippen molar-refractivity contribution < 1.29 is 8.78 Å². The summed E-state index contributed by atoms with van der Waals surface area (Å²) in [6, 6.07) is 29.7. The molecule has 7 heteroatoms. The number of rotatable bonds is 4. The van der Waals surface area contributed by atoms with Gasteiger partial charge in [-0.05, 0) is 84.9 Å². The van der Waals surface area contributed by atoms with E-state index < -0.39 is 0 Å². The van der Waals surface area contributed by atoms with Gasteiger partial charge in [0.1, 0.15) is 11.6 Å². The van der Waals surface area contributed by atoms with Crippen LogP contribution in [0.2, 0.25) is 5.02 Å². The molecule has 182 valence electrons. The van der Waals surface area contributed by atoms with Gasteiger partial charge in [-0.15, -0.1) is 0 Å². The summed E-state index contributed by atoms with van der Waals surface area (Å²) in [4.78, 5) is 8.57. The van der Waals surface area contributed by atoms with E-state index in [9.17, 15) is 8.78 Å². The van der Waals surface area contributed by atoms with Gasteiger partial charge in [-0.3, -0.25) is 9.97 Å². The molecule has 0 saturated carbocycles. The van der Waals surface area contributed by atoms with Crippen LogP contribution in [0.25, 0.3) is 21.8 Å². The number of aromatic nitrogens is 2. The third-order valence-electron chi connectivity index (χ3n) is 5.60. The molecule has 4 aromatic carbocycles. The average molecular weight is 511 g/mol. The van der Waals surface area contributed by atoms with E-state index in [1.54, 1.807) is 36.7 Å². The van der Waals surface area contributed by atoms with Crippen LogP contribution in [-0.2, 0) is 0 Å². The first-order valence-electron chi connectivity index (χ1n) is 11.5. The van der Waals surface area contributed by atoms with Gasteiger partial charge >= 0.3 is 0 Å². The van der Waals surface area contributed by atoms with Gasteiger partial charge in [0, 0.05) is 50.9 Å². The molecule has 0 aliphatic heterocycles. The molecule has 0 unspecified atom stereocenters. The van der Waals surface area contributed by atoms with E-state index in [4.69, 9.17) is 11.6 Å². The number of benzene rings is 4. The van der Waals surface area contributed by atoms with Crippen molar-refractivity contribution in [2.24, 2.45) is 0 Å². The predicted octanol–water partition coefficient (Wildman–Crippen LogP) is 8.89. The lowest BCUT2D eigenvalue weighted by atomic mass is 10.2. The van der Waals surface area contributed by atoms with Gasteiger partial charge < -0.3 is 10.6 Å². The molecule has 2 heterocycles. The second kappa shape index (κ2) is 11.0. The van der Waals surface area contributed by atoms with E-state index in [1.807, 2.05) is 54.6 Å². The first-order valence-corrected chi connectivity index (χ1v) is 11.9. The van der Waals surface area contributed by atoms with Crippen molar-refractivity contribution in [3.63, 3.8) is 0 Å². The van der Waals surface area contributed by atoms with E-state index in [-0.39, 0.29) is 11.6 Å². The molecule has 0 amide bonds. The van der Waals surface area contributed by atoms with Gasteiger partial charge in [0.05, 0.1) is 11.0 Å². The fourth-order valence-corrected chi connectivity index (χ4v) is 3.98. The van der Waals surface area contributed by atoms with Crippen molar-refractivity contribution in [3.8, 4) is 0 Å². The van der Waals surface area contributed by atoms with Crippen molar-refractivity contribution in [3.05, 3.63) is 132 Å². The lowest BCUT2D eigenvalue weighted by Crippen LogP contribution is -1.92. The highest BCUT2D eigenvalue weighted by Gasteiger charge is 2.04. The summed E-state index contributed by atoms with van der Waals surface area (Å²) in [6.07, 6.45) is 3.47. The predicted molar refractivity (Wildman–Crippen MR) is 148 cm³/mol. The summed E-state index contributed by atoms with van der Waals surface area (Å²) >= 11 is 5.95. The fourth-order valence-electron chi connectivity index (χ4n) is 3.81. The quantitative estimate of drug-likeness (QED) is 0.248. The Morgan fingerprint density at radius 2 is 1.05 bits per heavy atom. The van der Waals surface area contributed by atoms with Crippen LogP contribution in [0.15, 0.2) is 116 Å². The summed E-state index contributed by atoms with van der Waals surface area (Å²) in [6.45, 7) is 0. The van der Waals surface area contributed by atoms with Crippen LogP contribution in [0.4, 0.5) is 31.5 Å². The van der Waals surface area contributed by atoms with Crippen molar-refractivity contribution in [2.45, 2.75) is 0 Å². The highest BCUT2D eigenvalue weighted by atomic mass is 35.5. The number of nitrogens with zero attached hydrogens (tertiary/aromatic N) is 2. The maximum absolute atomic E-state index is 12.9. The summed E-state index contributed by atoms with van der Waals surface area (Å²) in [5.74, 6) is -0.489. The zero-order valence-corrected chi connectivity index (χ0v) is 20.3. The van der Waals surface area contributed by atoms with Crippen LogP contribution in [0, 0.1) is 11.6 Å². The molecule has 2 aromatic heterocycles. The van der Waals surface area contributed by atoms with Crippen molar-refractivity contribution in [1.29, 1.82) is 0 Å². The molecule has 0 saturated heterocycles. The highest BCUT2D eigenvalue weighted by molar-refractivity contribution is 6.31. The second-order valence-electron chi connectivity index (χ2n) is 8.16. The van der Waals surface area contributed by atoms with E-state index in [0.29, 0.717) is 5.02 Å². The number of pyridine rings is 2.